The van der Waals surface area contributed by atoms with Crippen molar-refractivity contribution in [2.24, 2.45) is 0 Å². The van der Waals surface area contributed by atoms with Crippen LogP contribution in [-0.2, 0) is 9.68 Å². The molecular formula is C81H80ClFK2N16O7. The van der Waals surface area contributed by atoms with Gasteiger partial charge in [0, 0.05) is 117 Å². The molecule has 0 aliphatic carbocycles. The van der Waals surface area contributed by atoms with Crippen LogP contribution in [-0.4, -0.2) is 95.8 Å². The van der Waals surface area contributed by atoms with E-state index >= 15 is 0 Å². The van der Waals surface area contributed by atoms with E-state index in [1.165, 1.54) is 6.92 Å². The van der Waals surface area contributed by atoms with Gasteiger partial charge in [-0.2, -0.15) is 15.3 Å². The molecule has 0 unspecified atom stereocenters. The molecule has 1 amide bonds. The minimum Gasteiger partial charge on any atom is -1.00 e. The molecule has 5 heterocycles. The molecule has 0 saturated heterocycles. The zero-order chi connectivity index (χ0) is 75.9. The van der Waals surface area contributed by atoms with Crippen molar-refractivity contribution in [1.82, 2.24) is 54.6 Å². The number of carbonyl (C=O) groups is 3. The van der Waals surface area contributed by atoms with Crippen LogP contribution in [0.25, 0.3) is 55.7 Å². The molecule has 23 nitrogen and oxygen atoms in total. The molecule has 6 N–H and O–H groups in total. The third-order valence-electron chi connectivity index (χ3n) is 15.8. The van der Waals surface area contributed by atoms with Crippen molar-refractivity contribution in [2.45, 2.75) is 67.5 Å². The normalized spacial score (nSPS) is 10.2. The number of halogens is 2. The van der Waals surface area contributed by atoms with Crippen LogP contribution in [0.1, 0.15) is 73.5 Å². The van der Waals surface area contributed by atoms with E-state index in [1.54, 1.807) is 65.9 Å². The van der Waals surface area contributed by atoms with Crippen molar-refractivity contribution >= 4 is 91.4 Å². The molecule has 0 atom stereocenters. The molecule has 0 fully saturated rings. The second-order valence-corrected chi connectivity index (χ2v) is 24.1. The van der Waals surface area contributed by atoms with E-state index in [0.717, 1.165) is 114 Å². The van der Waals surface area contributed by atoms with Gasteiger partial charge in [-0.05, 0) is 205 Å². The van der Waals surface area contributed by atoms with Gasteiger partial charge < -0.3 is 33.3 Å². The van der Waals surface area contributed by atoms with Crippen molar-refractivity contribution in [1.29, 1.82) is 0 Å². The van der Waals surface area contributed by atoms with Crippen LogP contribution in [0, 0.1) is 36.7 Å². The number of nitrogens with one attached hydrogen (secondary N) is 4. The van der Waals surface area contributed by atoms with Gasteiger partial charge in [0.25, 0.3) is 23.3 Å². The second kappa shape index (κ2) is 45.1. The van der Waals surface area contributed by atoms with Gasteiger partial charge in [-0.3, -0.25) is 34.5 Å². The maximum atomic E-state index is 12.9. The van der Waals surface area contributed by atoms with E-state index in [2.05, 4.69) is 85.7 Å². The van der Waals surface area contributed by atoms with Gasteiger partial charge >= 0.3 is 103 Å². The number of rotatable bonds is 16. The summed E-state index contributed by atoms with van der Waals surface area (Å²) in [5.41, 5.74) is 19.6. The SMILES string of the molecule is CCN(C(C)C)C(C)C.Cc1cc(-n2cccn2)ccc1N.Cc1cc(-n2cccn2)ccc1NC(=O)c1ccc(Nc2nc(-c3ccccc3)c3ccccc3n2)cc1.Cc1cc(F)ccc1[N+](=O)[O-].O=C(Cl)c1ccc(Nc2nc(-c3ccccc3)c3ccccc3n2)cc1.O=CO[O-].[H-].[K+].[K+].c1cn[nH]c1. The average molecular weight is 1520 g/mol. The van der Waals surface area contributed by atoms with Gasteiger partial charge in [-0.1, -0.05) is 104 Å². The fourth-order valence-electron chi connectivity index (χ4n) is 10.7. The number of anilines is 6. The molecule has 0 spiro atoms. The Balaban J connectivity index is 0.000000258. The largest absolute Gasteiger partial charge is 1.00 e. The van der Waals surface area contributed by atoms with E-state index in [-0.39, 0.29) is 122 Å². The summed E-state index contributed by atoms with van der Waals surface area (Å²) < 4.78 is 16.0. The number of amides is 1. The molecule has 14 aromatic rings. The first-order chi connectivity index (χ1) is 51.2. The number of aryl methyl sites for hydroxylation is 3. The number of nitro benzene ring substituents is 1. The van der Waals surface area contributed by atoms with E-state index in [4.69, 9.17) is 42.3 Å². The predicted octanol–water partition coefficient (Wildman–Crippen LogP) is 11.1. The summed E-state index contributed by atoms with van der Waals surface area (Å²) in [4.78, 5) is 66.3. The number of benzene rings is 9. The summed E-state index contributed by atoms with van der Waals surface area (Å²) >= 11 is 5.49. The Bertz CT molecular complexity index is 5080. The first kappa shape index (κ1) is 87.0. The molecule has 27 heteroatoms. The average Bonchev–Trinajstić information content (AvgIpc) is 1.40. The number of nitro groups is 1. The fourth-order valence-corrected chi connectivity index (χ4v) is 10.8. The van der Waals surface area contributed by atoms with Crippen LogP contribution in [0.4, 0.5) is 44.7 Å². The third kappa shape index (κ3) is 26.5. The Morgan fingerprint density at radius 1 is 0.611 bits per heavy atom. The van der Waals surface area contributed by atoms with Gasteiger partial charge in [0.1, 0.15) is 5.82 Å². The molecule has 9 aromatic carbocycles. The van der Waals surface area contributed by atoms with Crippen molar-refractivity contribution in [2.75, 3.05) is 28.2 Å². The minimum absolute atomic E-state index is 0. The molecule has 0 saturated carbocycles. The molecule has 14 rings (SSSR count). The van der Waals surface area contributed by atoms with E-state index < -0.39 is 16.0 Å². The van der Waals surface area contributed by atoms with Crippen molar-refractivity contribution in [3.63, 3.8) is 0 Å². The van der Waals surface area contributed by atoms with Crippen LogP contribution in [0.2, 0.25) is 0 Å². The molecule has 0 aliphatic heterocycles. The summed E-state index contributed by atoms with van der Waals surface area (Å²) in [6, 6.07) is 72.1. The summed E-state index contributed by atoms with van der Waals surface area (Å²) in [7, 11) is 0. The molecule has 0 aliphatic rings. The molecule has 108 heavy (non-hydrogen) atoms. The smallest absolute Gasteiger partial charge is 1.00 e. The summed E-state index contributed by atoms with van der Waals surface area (Å²) in [6.07, 6.45) is 10.7. The van der Waals surface area contributed by atoms with E-state index in [1.807, 2.05) is 207 Å². The number of nitrogen functional groups attached to an aromatic ring is 1. The van der Waals surface area contributed by atoms with Crippen LogP contribution in [0.15, 0.2) is 268 Å². The zero-order valence-electron chi connectivity index (χ0n) is 62.5. The molecule has 542 valence electrons. The Hall–Kier alpha value is -9.89. The quantitative estimate of drug-likeness (QED) is 0.0114. The first-order valence-electron chi connectivity index (χ1n) is 33.4. The zero-order valence-corrected chi connectivity index (χ0v) is 68.5. The maximum absolute atomic E-state index is 12.9. The summed E-state index contributed by atoms with van der Waals surface area (Å²) in [5, 5.41) is 44.2. The van der Waals surface area contributed by atoms with Gasteiger partial charge in [0.15, 0.2) is 0 Å². The summed E-state index contributed by atoms with van der Waals surface area (Å²) in [6.45, 7) is 17.6. The number of H-pyrrole nitrogens is 1. The van der Waals surface area contributed by atoms with Gasteiger partial charge in [0.2, 0.25) is 11.9 Å². The number of fused-ring (bicyclic) bond motifs is 2. The first-order valence-corrected chi connectivity index (χ1v) is 33.8. The Morgan fingerprint density at radius 3 is 1.46 bits per heavy atom. The van der Waals surface area contributed by atoms with Gasteiger partial charge in [-0.25, -0.2) is 33.7 Å². The van der Waals surface area contributed by atoms with Gasteiger partial charge in [-0.15, -0.1) is 0 Å². The monoisotopic (exact) mass is 1520 g/mol. The van der Waals surface area contributed by atoms with Crippen LogP contribution < -0.4 is 130 Å². The maximum Gasteiger partial charge on any atom is 1.00 e. The number of aromatic nitrogens is 10. The predicted molar refractivity (Wildman–Crippen MR) is 416 cm³/mol. The molecule has 0 bridgehead atoms. The molecular weight excluding hydrogens is 1440 g/mol. The van der Waals surface area contributed by atoms with Crippen LogP contribution in [0.5, 0.6) is 0 Å². The minimum atomic E-state index is -0.533. The third-order valence-corrected chi connectivity index (χ3v) is 16.0. The number of aromatic amines is 1. The standard InChI is InChI=1S/C31H24N6O.C21H14ClN3O.C10H11N3.C8H19N.C7H6FNO2.C3H4N2.CH2O3.2K.H/c1-21-20-25(37-19-7-18-32-37)16-17-27(21)34-30(38)23-12-14-24(15-13-23)33-31-35-28-11-6-5-10-26(28)29(36-31)22-8-3-2-4-9-22;22-20(26)15-10-12-16(13-11-15)23-21-24-18-9-5-4-8-17(18)19(25-21)14-6-2-1-3-7-14;1-8-7-9(3-4-10(8)11)13-6-2-5-12-13;1-6-9(7(2)3)8(4)5;1-5-4-6(8)2-3-7(5)9(10)11;1-2-4-5-3-1;2-1-4-3;;;/h2-20H,1H3,(H,34,38)(H,33,35,36);1-13H,(H,23,24,25);2-7H,11H2,1H3;7-8H,6H2,1-5H3;2-4H,1H3;1-3H,(H,4,5);1,3H;;;/q;;;;;;;2*+1;-1/p-1. The van der Waals surface area contributed by atoms with Crippen molar-refractivity contribution < 1.29 is 138 Å². The number of nitrogens with two attached hydrogens (primary N) is 1. The topological polar surface area (TPSA) is 308 Å². The number of hydrogen-bond acceptors (Lipinski definition) is 18. The van der Waals surface area contributed by atoms with Crippen molar-refractivity contribution in [3.05, 3.63) is 311 Å². The van der Waals surface area contributed by atoms with Crippen LogP contribution >= 0.6 is 11.6 Å². The summed E-state index contributed by atoms with van der Waals surface area (Å²) in [5.74, 6) is 0.355. The number of hydrogen-bond donors (Lipinski definition) is 5. The molecule has 5 aromatic heterocycles. The fraction of sp³-hybridized carbons (Fsp3) is 0.136. The van der Waals surface area contributed by atoms with Crippen LogP contribution in [0.3, 0.4) is 0 Å². The Kier molecular flexibility index (Phi) is 36.3. The number of para-hydroxylation sites is 2. The van der Waals surface area contributed by atoms with E-state index in [0.29, 0.717) is 40.7 Å². The second-order valence-electron chi connectivity index (χ2n) is 23.8. The number of carbonyl (C=O) groups excluding carboxylic acids is 3. The number of nitrogens with zero attached hydrogens (tertiary/aromatic N) is 11. The Morgan fingerprint density at radius 2 is 1.08 bits per heavy atom. The van der Waals surface area contributed by atoms with Gasteiger partial charge in [0.05, 0.1) is 38.7 Å². The van der Waals surface area contributed by atoms with E-state index in [9.17, 15) is 24.1 Å². The molecule has 0 radical (unpaired) electrons. The Labute approximate surface area is 717 Å². The van der Waals surface area contributed by atoms with Crippen molar-refractivity contribution in [3.8, 4) is 33.9 Å².